The number of halogens is 2. The van der Waals surface area contributed by atoms with Gasteiger partial charge >= 0.3 is 0 Å². The van der Waals surface area contributed by atoms with Crippen molar-refractivity contribution in [2.75, 3.05) is 23.7 Å². The molecule has 0 heterocycles. The maximum Gasteiger partial charge on any atom is 0.244 e. The first-order valence-electron chi connectivity index (χ1n) is 12.6. The highest BCUT2D eigenvalue weighted by atomic mass is 35.5. The first-order chi connectivity index (χ1) is 18.5. The van der Waals surface area contributed by atoms with E-state index in [9.17, 15) is 18.0 Å². The average Bonchev–Trinajstić information content (AvgIpc) is 2.90. The summed E-state index contributed by atoms with van der Waals surface area (Å²) >= 11 is 12.7. The second-order valence-electron chi connectivity index (χ2n) is 9.26. The van der Waals surface area contributed by atoms with Crippen molar-refractivity contribution >= 4 is 50.7 Å². The van der Waals surface area contributed by atoms with Crippen molar-refractivity contribution in [2.24, 2.45) is 0 Å². The molecule has 0 fully saturated rings. The molecule has 3 aromatic rings. The predicted octanol–water partition coefficient (Wildman–Crippen LogP) is 5.23. The molecule has 208 valence electrons. The molecule has 3 aromatic carbocycles. The highest BCUT2D eigenvalue weighted by Gasteiger charge is 2.33. The van der Waals surface area contributed by atoms with Crippen LogP contribution < -0.4 is 9.62 Å². The molecule has 0 aliphatic carbocycles. The molecule has 1 atom stereocenters. The molecule has 2 amide bonds. The van der Waals surface area contributed by atoms with Crippen LogP contribution in [0.2, 0.25) is 10.0 Å². The average molecular weight is 591 g/mol. The van der Waals surface area contributed by atoms with Crippen LogP contribution in [0, 0.1) is 6.92 Å². The van der Waals surface area contributed by atoms with E-state index in [1.165, 1.54) is 4.90 Å². The van der Waals surface area contributed by atoms with Gasteiger partial charge in [0.1, 0.15) is 12.6 Å². The molecule has 0 saturated heterocycles. The zero-order valence-electron chi connectivity index (χ0n) is 22.2. The third-order valence-electron chi connectivity index (χ3n) is 6.31. The normalized spacial score (nSPS) is 12.0. The predicted molar refractivity (Wildman–Crippen MR) is 158 cm³/mol. The van der Waals surface area contributed by atoms with Crippen molar-refractivity contribution in [1.29, 1.82) is 0 Å². The van der Waals surface area contributed by atoms with Crippen LogP contribution in [-0.4, -0.2) is 50.5 Å². The van der Waals surface area contributed by atoms with Crippen molar-refractivity contribution in [3.8, 4) is 0 Å². The van der Waals surface area contributed by atoms with Crippen molar-refractivity contribution < 1.29 is 18.0 Å². The van der Waals surface area contributed by atoms with E-state index in [1.54, 1.807) is 49.4 Å². The molecular weight excluding hydrogens is 557 g/mol. The highest BCUT2D eigenvalue weighted by Crippen LogP contribution is 2.29. The van der Waals surface area contributed by atoms with Crippen LogP contribution in [0.1, 0.15) is 30.0 Å². The van der Waals surface area contributed by atoms with Crippen LogP contribution in [-0.2, 0) is 32.6 Å². The van der Waals surface area contributed by atoms with E-state index in [0.29, 0.717) is 33.4 Å². The quantitative estimate of drug-likeness (QED) is 0.313. The van der Waals surface area contributed by atoms with Crippen molar-refractivity contribution in [3.63, 3.8) is 0 Å². The van der Waals surface area contributed by atoms with Gasteiger partial charge in [0.25, 0.3) is 0 Å². The van der Waals surface area contributed by atoms with E-state index in [1.807, 2.05) is 37.3 Å². The molecule has 0 radical (unpaired) electrons. The van der Waals surface area contributed by atoms with Gasteiger partial charge in [-0.15, -0.1) is 0 Å². The summed E-state index contributed by atoms with van der Waals surface area (Å²) in [6.45, 7) is 3.57. The fourth-order valence-electron chi connectivity index (χ4n) is 4.19. The Morgan fingerprint density at radius 2 is 1.56 bits per heavy atom. The molecule has 0 spiro atoms. The number of benzene rings is 3. The summed E-state index contributed by atoms with van der Waals surface area (Å²) in [6, 6.07) is 20.4. The largest absolute Gasteiger partial charge is 0.354 e. The van der Waals surface area contributed by atoms with Gasteiger partial charge in [-0.2, -0.15) is 0 Å². The van der Waals surface area contributed by atoms with Gasteiger partial charge in [0.2, 0.25) is 21.8 Å². The van der Waals surface area contributed by atoms with Gasteiger partial charge in [-0.1, -0.05) is 84.7 Å². The molecule has 0 bridgehead atoms. The van der Waals surface area contributed by atoms with Crippen LogP contribution in [0.5, 0.6) is 0 Å². The minimum absolute atomic E-state index is 0.0156. The van der Waals surface area contributed by atoms with Gasteiger partial charge in [-0.05, 0) is 48.2 Å². The Morgan fingerprint density at radius 1 is 0.923 bits per heavy atom. The smallest absolute Gasteiger partial charge is 0.244 e. The standard InChI is InChI=1S/C29H33Cl2N3O4S/c1-4-17-32-29(36)27(18-22-11-6-5-7-12-22)33(19-23-13-8-9-14-25(23)31)28(35)20-34(39(3,37)38)26-16-10-15-24(30)21(26)2/h5-16,27H,4,17-20H2,1-3H3,(H,32,36). The number of sulfonamides is 1. The molecule has 10 heteroatoms. The highest BCUT2D eigenvalue weighted by molar-refractivity contribution is 7.92. The van der Waals surface area contributed by atoms with Crippen LogP contribution >= 0.6 is 23.2 Å². The number of hydrogen-bond acceptors (Lipinski definition) is 4. The summed E-state index contributed by atoms with van der Waals surface area (Å²) in [5, 5.41) is 3.72. The van der Waals surface area contributed by atoms with Crippen LogP contribution in [0.15, 0.2) is 72.8 Å². The van der Waals surface area contributed by atoms with Gasteiger partial charge in [0.05, 0.1) is 11.9 Å². The Balaban J connectivity index is 2.08. The van der Waals surface area contributed by atoms with Gasteiger partial charge < -0.3 is 10.2 Å². The zero-order chi connectivity index (χ0) is 28.6. The lowest BCUT2D eigenvalue weighted by Gasteiger charge is -2.34. The number of amides is 2. The fraction of sp³-hybridized carbons (Fsp3) is 0.310. The molecule has 1 N–H and O–H groups in total. The number of carbonyl (C=O) groups is 2. The summed E-state index contributed by atoms with van der Waals surface area (Å²) in [7, 11) is -3.89. The minimum Gasteiger partial charge on any atom is -0.354 e. The van der Waals surface area contributed by atoms with E-state index >= 15 is 0 Å². The van der Waals surface area contributed by atoms with Crippen LogP contribution in [0.3, 0.4) is 0 Å². The third-order valence-corrected chi connectivity index (χ3v) is 8.21. The number of nitrogens with one attached hydrogen (secondary N) is 1. The Labute approximate surface area is 240 Å². The van der Waals surface area contributed by atoms with E-state index in [0.717, 1.165) is 22.5 Å². The molecule has 0 aliphatic heterocycles. The van der Waals surface area contributed by atoms with Crippen molar-refractivity contribution in [2.45, 2.75) is 39.3 Å². The molecular formula is C29H33Cl2N3O4S. The number of nitrogens with zero attached hydrogens (tertiary/aromatic N) is 2. The molecule has 3 rings (SSSR count). The maximum atomic E-state index is 14.1. The van der Waals surface area contributed by atoms with Crippen LogP contribution in [0.25, 0.3) is 0 Å². The number of rotatable bonds is 12. The second-order valence-corrected chi connectivity index (χ2v) is 12.0. The number of hydrogen-bond donors (Lipinski definition) is 1. The Morgan fingerprint density at radius 3 is 2.21 bits per heavy atom. The van der Waals surface area contributed by atoms with Gasteiger partial charge in [-0.25, -0.2) is 8.42 Å². The van der Waals surface area contributed by atoms with Gasteiger partial charge in [0, 0.05) is 29.6 Å². The van der Waals surface area contributed by atoms with Gasteiger partial charge in [0.15, 0.2) is 0 Å². The Hall–Kier alpha value is -3.07. The summed E-state index contributed by atoms with van der Waals surface area (Å²) in [5.41, 5.74) is 2.32. The first kappa shape index (κ1) is 30.5. The molecule has 0 saturated carbocycles. The topological polar surface area (TPSA) is 86.8 Å². The van der Waals surface area contributed by atoms with Crippen molar-refractivity contribution in [3.05, 3.63) is 99.5 Å². The lowest BCUT2D eigenvalue weighted by atomic mass is 10.0. The first-order valence-corrected chi connectivity index (χ1v) is 15.2. The monoisotopic (exact) mass is 589 g/mol. The molecule has 0 aliphatic rings. The fourth-order valence-corrected chi connectivity index (χ4v) is 5.46. The van der Waals surface area contributed by atoms with Crippen molar-refractivity contribution in [1.82, 2.24) is 10.2 Å². The SMILES string of the molecule is CCCNC(=O)C(Cc1ccccc1)N(Cc1ccccc1Cl)C(=O)CN(c1cccc(Cl)c1C)S(C)(=O)=O. The van der Waals surface area contributed by atoms with Crippen LogP contribution in [0.4, 0.5) is 5.69 Å². The van der Waals surface area contributed by atoms with Gasteiger partial charge in [-0.3, -0.25) is 13.9 Å². The molecule has 39 heavy (non-hydrogen) atoms. The minimum atomic E-state index is -3.89. The van der Waals surface area contributed by atoms with E-state index in [2.05, 4.69) is 5.32 Å². The zero-order valence-corrected chi connectivity index (χ0v) is 24.6. The summed E-state index contributed by atoms with van der Waals surface area (Å²) in [5.74, 6) is -0.877. The van der Waals surface area contributed by atoms with E-state index < -0.39 is 28.5 Å². The summed E-state index contributed by atoms with van der Waals surface area (Å²) in [4.78, 5) is 29.0. The molecule has 7 nitrogen and oxygen atoms in total. The summed E-state index contributed by atoms with van der Waals surface area (Å²) < 4.78 is 26.9. The lowest BCUT2D eigenvalue weighted by Crippen LogP contribution is -2.53. The Bertz CT molecular complexity index is 1400. The van der Waals surface area contributed by atoms with E-state index in [-0.39, 0.29) is 18.9 Å². The lowest BCUT2D eigenvalue weighted by molar-refractivity contribution is -0.140. The third kappa shape index (κ3) is 8.21. The second kappa shape index (κ2) is 13.8. The van der Waals surface area contributed by atoms with E-state index in [4.69, 9.17) is 23.2 Å². The molecule has 1 unspecified atom stereocenters. The molecule has 0 aromatic heterocycles. The number of anilines is 1. The summed E-state index contributed by atoms with van der Waals surface area (Å²) in [6.07, 6.45) is 1.99. The maximum absolute atomic E-state index is 14.1. The Kier molecular flexibility index (Phi) is 10.8. The number of carbonyl (C=O) groups excluding carboxylic acids is 2.